The van der Waals surface area contributed by atoms with Crippen molar-refractivity contribution in [3.63, 3.8) is 0 Å². The number of pyridine rings is 1. The lowest BCUT2D eigenvalue weighted by Crippen LogP contribution is -1.99. The quantitative estimate of drug-likeness (QED) is 0.0798. The first-order valence-corrected chi connectivity index (χ1v) is 54.2. The van der Waals surface area contributed by atoms with Gasteiger partial charge >= 0.3 is 11.6 Å². The Hall–Kier alpha value is -14.9. The van der Waals surface area contributed by atoms with E-state index in [1.54, 1.807) is 46.9 Å². The molecule has 0 saturated carbocycles. The molecule has 0 bridgehead atoms. The predicted octanol–water partition coefficient (Wildman–Crippen LogP) is 39.9. The maximum absolute atomic E-state index is 10.7. The zero-order valence-corrected chi connectivity index (χ0v) is 93.6. The molecule has 0 spiro atoms. The van der Waals surface area contributed by atoms with E-state index in [9.17, 15) is 9.59 Å². The largest absolute Gasteiger partial charge is 0.493 e. The van der Waals surface area contributed by atoms with E-state index in [1.165, 1.54) is 86.3 Å². The van der Waals surface area contributed by atoms with Crippen LogP contribution in [0.15, 0.2) is 414 Å². The van der Waals surface area contributed by atoms with Gasteiger partial charge in [0.1, 0.15) is 33.9 Å². The first-order chi connectivity index (χ1) is 72.8. The molecule has 5 aromatic heterocycles. The molecule has 2 aliphatic carbocycles. The Bertz CT molecular complexity index is 5770. The number of hydrogen-bond donors (Lipinski definition) is 0. The number of benzene rings is 13. The number of aliphatic imine (C=N–C) groups is 2. The highest BCUT2D eigenvalue weighted by atomic mass is 32.1. The van der Waals surface area contributed by atoms with Crippen LogP contribution in [-0.4, -0.2) is 46.6 Å². The molecule has 16 heteroatoms. The van der Waals surface area contributed by atoms with Crippen LogP contribution in [0.1, 0.15) is 262 Å². The van der Waals surface area contributed by atoms with E-state index in [0.717, 1.165) is 119 Å². The van der Waals surface area contributed by atoms with Gasteiger partial charge in [-0.3, -0.25) is 19.8 Å². The first kappa shape index (κ1) is 136. The maximum Gasteiger partial charge on any atom is 0.336 e. The van der Waals surface area contributed by atoms with Crippen LogP contribution in [0.4, 0.5) is 11.4 Å². The van der Waals surface area contributed by atoms with Gasteiger partial charge in [-0.15, -0.1) is 11.3 Å². The molecule has 8 aliphatic rings. The van der Waals surface area contributed by atoms with Crippen LogP contribution < -0.4 is 19.8 Å². The molecule has 0 fully saturated rings. The molecule has 0 radical (unpaired) electrons. The van der Waals surface area contributed by atoms with Gasteiger partial charge in [-0.25, -0.2) is 14.8 Å². The molecule has 13 aromatic carbocycles. The van der Waals surface area contributed by atoms with Crippen LogP contribution in [0.5, 0.6) is 17.2 Å². The highest BCUT2D eigenvalue weighted by Crippen LogP contribution is 2.29. The Morgan fingerprint density at radius 2 is 0.765 bits per heavy atom. The number of furan rings is 1. The highest BCUT2D eigenvalue weighted by Gasteiger charge is 2.19. The molecular formula is C133H175N7O8S. The van der Waals surface area contributed by atoms with Crippen LogP contribution in [0.3, 0.4) is 0 Å². The number of thiazole rings is 1. The summed E-state index contributed by atoms with van der Waals surface area (Å²) in [5, 5.41) is 11.1. The smallest absolute Gasteiger partial charge is 0.336 e. The second-order valence-electron chi connectivity index (χ2n) is 28.0. The molecule has 0 atom stereocenters. The minimum atomic E-state index is -0.302. The Balaban J connectivity index is 0. The highest BCUT2D eigenvalue weighted by molar-refractivity contribution is 7.16. The van der Waals surface area contributed by atoms with Gasteiger partial charge < -0.3 is 27.5 Å². The van der Waals surface area contributed by atoms with Crippen molar-refractivity contribution < 1.29 is 32.3 Å². The summed E-state index contributed by atoms with van der Waals surface area (Å²) in [5.74, 6) is 2.70. The number of azo groups is 1. The minimum Gasteiger partial charge on any atom is -0.493 e. The fraction of sp³-hybridized carbons (Fsp3) is 0.301. The van der Waals surface area contributed by atoms with Gasteiger partial charge in [-0.1, -0.05) is 456 Å². The summed E-state index contributed by atoms with van der Waals surface area (Å²) in [6, 6.07) is 114. The van der Waals surface area contributed by atoms with Crippen molar-refractivity contribution in [3.8, 4) is 17.2 Å². The average molecular weight is 2030 g/mol. The number of carbonyl (C=O) groups is 1. The van der Waals surface area contributed by atoms with Gasteiger partial charge in [0.05, 0.1) is 71.6 Å². The summed E-state index contributed by atoms with van der Waals surface area (Å²) in [6.07, 6.45) is 21.9. The van der Waals surface area contributed by atoms with Crippen LogP contribution in [0.2, 0.25) is 0 Å². The molecule has 0 amide bonds. The van der Waals surface area contributed by atoms with Crippen LogP contribution >= 0.6 is 11.3 Å². The number of esters is 1. The Kier molecular flexibility index (Phi) is 82.8. The number of aromatic nitrogens is 3. The Morgan fingerprint density at radius 3 is 1.30 bits per heavy atom. The second-order valence-corrected chi connectivity index (χ2v) is 28.9. The number of rotatable bonds is 0. The number of para-hydroxylation sites is 10. The van der Waals surface area contributed by atoms with Crippen LogP contribution in [0.25, 0.3) is 60.2 Å². The fourth-order valence-corrected chi connectivity index (χ4v) is 14.3. The molecule has 6 aliphatic heterocycles. The summed E-state index contributed by atoms with van der Waals surface area (Å²) in [5.41, 5.74) is 24.1. The molecule has 0 N–H and O–H groups in total. The van der Waals surface area contributed by atoms with Crippen molar-refractivity contribution in [1.29, 1.82) is 0 Å². The van der Waals surface area contributed by atoms with Crippen molar-refractivity contribution in [2.75, 3.05) is 13.2 Å². The van der Waals surface area contributed by atoms with Crippen molar-refractivity contribution in [3.05, 3.63) is 448 Å². The first-order valence-electron chi connectivity index (χ1n) is 53.3. The number of carbonyl (C=O) groups excluding carboxylic acids is 1. The molecule has 11 heterocycles. The lowest BCUT2D eigenvalue weighted by molar-refractivity contribution is -0.131. The third-order valence-electron chi connectivity index (χ3n) is 19.8. The number of allylic oxidation sites excluding steroid dienone is 1. The number of ether oxygens (including phenoxy) is 3. The number of fused-ring (bicyclic) bond motifs is 13. The van der Waals surface area contributed by atoms with E-state index < -0.39 is 0 Å². The molecule has 18 aromatic rings. The molecule has 0 saturated heterocycles. The van der Waals surface area contributed by atoms with Crippen molar-refractivity contribution in [1.82, 2.24) is 15.0 Å². The van der Waals surface area contributed by atoms with E-state index in [1.807, 2.05) is 423 Å². The average Bonchev–Trinajstić information content (AvgIpc) is 1.73. The van der Waals surface area contributed by atoms with Gasteiger partial charge in [0.2, 0.25) is 0 Å². The van der Waals surface area contributed by atoms with Gasteiger partial charge in [0.15, 0.2) is 12.0 Å². The van der Waals surface area contributed by atoms with Gasteiger partial charge in [0, 0.05) is 71.2 Å². The zero-order chi connectivity index (χ0) is 109. The SMILES string of the molecule is C.C.C1=Cc2ccccc2C1.C1=NCc2ccccc21.C1=Nc2ccccc2C1.CC.CC.CC.CC.CC.CC.CC.CC.CC.CC.CC.CC.CC.O=C1Cc2ccccc2O1.O=c1ccc2ccccc2o1.c1ccc2c(c1)CCC2.c1ccc2c(c1)CCO2.c1ccc2c(c1)CCO2.c1ccc2c(c1)CN=N2.c1ccc2ncccc2c1.c1ccc2occc2c1.c1ccc2ocnc2c1.c1ccc2scnc2c1. The fourth-order valence-electron chi connectivity index (χ4n) is 13.6. The van der Waals surface area contributed by atoms with Gasteiger partial charge in [-0.05, 0) is 167 Å². The molecule has 796 valence electrons. The zero-order valence-electron chi connectivity index (χ0n) is 92.8. The van der Waals surface area contributed by atoms with Gasteiger partial charge in [-0.2, -0.15) is 10.2 Å². The van der Waals surface area contributed by atoms with E-state index in [4.69, 9.17) is 27.5 Å². The lowest BCUT2D eigenvalue weighted by atomic mass is 10.1. The van der Waals surface area contributed by atoms with Crippen molar-refractivity contribution in [2.24, 2.45) is 20.2 Å². The molecular weight excluding hydrogens is 1860 g/mol. The second kappa shape index (κ2) is 90.6. The monoisotopic (exact) mass is 2030 g/mol. The molecule has 15 nitrogen and oxygen atoms in total. The molecule has 26 rings (SSSR count). The van der Waals surface area contributed by atoms with Crippen LogP contribution in [0, 0.1) is 0 Å². The van der Waals surface area contributed by atoms with E-state index >= 15 is 0 Å². The van der Waals surface area contributed by atoms with Crippen molar-refractivity contribution >= 4 is 101 Å². The van der Waals surface area contributed by atoms with Crippen LogP contribution in [-0.2, 0) is 62.8 Å². The third kappa shape index (κ3) is 50.9. The van der Waals surface area contributed by atoms with E-state index in [-0.39, 0.29) is 26.4 Å². The number of aryl methyl sites for hydroxylation is 2. The van der Waals surface area contributed by atoms with E-state index in [2.05, 4.69) is 150 Å². The summed E-state index contributed by atoms with van der Waals surface area (Å²) >= 11 is 1.68. The Morgan fingerprint density at radius 1 is 0.315 bits per heavy atom. The normalized spacial score (nSPS) is 10.8. The Labute approximate surface area is 900 Å². The van der Waals surface area contributed by atoms with E-state index in [0.29, 0.717) is 17.8 Å². The molecule has 0 unspecified atom stereocenters. The topological polar surface area (TPSA) is 189 Å². The molecule has 149 heavy (non-hydrogen) atoms. The summed E-state index contributed by atoms with van der Waals surface area (Å²) in [6.45, 7) is 55.4. The summed E-state index contributed by atoms with van der Waals surface area (Å²) in [7, 11) is 0. The minimum absolute atomic E-state index is 0. The maximum atomic E-state index is 10.7. The predicted molar refractivity (Wildman–Crippen MR) is 650 cm³/mol. The summed E-state index contributed by atoms with van der Waals surface area (Å²) in [4.78, 5) is 42.0. The number of hydrogen-bond acceptors (Lipinski definition) is 16. The lowest BCUT2D eigenvalue weighted by Gasteiger charge is -1.93. The number of oxazole rings is 1. The third-order valence-corrected chi connectivity index (χ3v) is 20.6. The van der Waals surface area contributed by atoms with Gasteiger partial charge in [0.25, 0.3) is 0 Å². The van der Waals surface area contributed by atoms with Crippen molar-refractivity contribution in [2.45, 2.75) is 259 Å². The number of nitrogens with zero attached hydrogens (tertiary/aromatic N) is 7. The standard InChI is InChI=1S/C9H7N.C9H6O2.C9H10.C9H8.2C8H7N.C8H6O2.2C8H8O.C8H6O.C7H6N2.C7H5NO.C7H5NS.13C2H6.2CH4/c1-2-6-9-8(4-1)5-3-7-10-9;10-9-6-5-7-3-1-2-4-8(7)11-9;2*1-2-5-9-7-3-6-8(9)4-1;1-2-4-8-6-9-5-7(8)3-1;1-2-4-8-7(3-1)5-6-9-8;9-8-5-6-3-1-2-4-7(6)10-8;3*1-2-4-8-7(3-1)5-6-9-8;1-2-4-7-6(3-1)5-8-9-7;2*1-2-4-7-6(3-1)8-5-9-7;13*1-2;;/h1-7H;1-6H;1-2,4-5H,3,6-7H2;1-6H,7H2;1-5H,6H2;1-4,6H,5H2;1-4H,5H2;2*1-4H,5-6H2;1-6H;1-4H,5H2;2*1-5H;13*1-2H3;2*1H4. The summed E-state index contributed by atoms with van der Waals surface area (Å²) < 4.78 is 31.8.